The van der Waals surface area contributed by atoms with Crippen LogP contribution in [-0.4, -0.2) is 11.0 Å². The zero-order valence-corrected chi connectivity index (χ0v) is 5.41. The lowest BCUT2D eigenvalue weighted by atomic mass is 10.4. The summed E-state index contributed by atoms with van der Waals surface area (Å²) in [5, 5.41) is 8.09. The average Bonchev–Trinajstić information content (AvgIpc) is 1.82. The second-order valence-corrected chi connectivity index (χ2v) is 1.82. The Labute approximate surface area is 53.3 Å². The summed E-state index contributed by atoms with van der Waals surface area (Å²) in [6.07, 6.45) is 0.155. The minimum Gasteiger partial charge on any atom is -0.195 e. The van der Waals surface area contributed by atoms with Gasteiger partial charge in [0.2, 0.25) is 6.10 Å². The molecule has 0 spiro atoms. The van der Waals surface area contributed by atoms with Gasteiger partial charge in [-0.25, -0.2) is 0 Å². The molecule has 0 heterocycles. The maximum atomic E-state index is 9.85. The van der Waals surface area contributed by atoms with Crippen LogP contribution >= 0.6 is 8.25 Å². The molecule has 48 valence electrons. The maximum absolute atomic E-state index is 9.85. The van der Waals surface area contributed by atoms with Crippen molar-refractivity contribution in [2.45, 2.75) is 6.10 Å². The Balaban J connectivity index is 3.73. The Morgan fingerprint density at radius 3 is 2.67 bits per heavy atom. The molecule has 0 saturated carbocycles. The first kappa shape index (κ1) is 8.25. The topological polar surface area (TPSA) is 70.3 Å². The Hall–Kier alpha value is -0.750. The van der Waals surface area contributed by atoms with Crippen molar-refractivity contribution in [2.24, 2.45) is 0 Å². The molecule has 0 fully saturated rings. The van der Waals surface area contributed by atoms with E-state index in [2.05, 4.69) is 11.1 Å². The second-order valence-electron chi connectivity index (χ2n) is 1.13. The summed E-state index contributed by atoms with van der Waals surface area (Å²) < 4.78 is 14.0. The molecular formula is C4H5NO3P+. The van der Waals surface area contributed by atoms with E-state index >= 15 is 0 Å². The third kappa shape index (κ3) is 3.80. The third-order valence-corrected chi connectivity index (χ3v) is 0.953. The van der Waals surface area contributed by atoms with Crippen LogP contribution in [0, 0.1) is 11.3 Å². The smallest absolute Gasteiger partial charge is 0.195 e. The van der Waals surface area contributed by atoms with Crippen molar-refractivity contribution in [3.05, 3.63) is 12.7 Å². The van der Waals surface area contributed by atoms with Crippen LogP contribution in [0.15, 0.2) is 12.7 Å². The van der Waals surface area contributed by atoms with Gasteiger partial charge in [0, 0.05) is 4.57 Å². The quantitative estimate of drug-likeness (QED) is 0.470. The summed E-state index contributed by atoms with van der Waals surface area (Å²) in [6, 6.07) is 1.60. The molecule has 5 heteroatoms. The van der Waals surface area contributed by atoms with Gasteiger partial charge in [0.25, 0.3) is 0 Å². The maximum Gasteiger partial charge on any atom is 0.696 e. The van der Waals surface area contributed by atoms with Gasteiger partial charge in [-0.2, -0.15) is 5.26 Å². The van der Waals surface area contributed by atoms with Crippen molar-refractivity contribution in [2.75, 3.05) is 0 Å². The molecule has 1 N–H and O–H groups in total. The lowest BCUT2D eigenvalue weighted by molar-refractivity contribution is 0.270. The van der Waals surface area contributed by atoms with Crippen LogP contribution in [0.25, 0.3) is 0 Å². The van der Waals surface area contributed by atoms with E-state index in [0.717, 1.165) is 6.08 Å². The normalized spacial score (nSPS) is 13.6. The predicted molar refractivity (Wildman–Crippen MR) is 30.5 cm³/mol. The monoisotopic (exact) mass is 146 g/mol. The van der Waals surface area contributed by atoms with Gasteiger partial charge < -0.3 is 0 Å². The highest BCUT2D eigenvalue weighted by Crippen LogP contribution is 2.17. The van der Waals surface area contributed by atoms with Crippen LogP contribution in [0.1, 0.15) is 0 Å². The molecule has 0 aromatic rings. The molecule has 0 saturated heterocycles. The summed E-state index contributed by atoms with van der Waals surface area (Å²) in [5.74, 6) is 0. The van der Waals surface area contributed by atoms with E-state index in [1.54, 1.807) is 6.07 Å². The highest BCUT2D eigenvalue weighted by atomic mass is 31.1. The highest BCUT2D eigenvalue weighted by molar-refractivity contribution is 7.32. The molecule has 0 bridgehead atoms. The predicted octanol–water partition coefficient (Wildman–Crippen LogP) is 0.731. The first-order valence-corrected chi connectivity index (χ1v) is 3.19. The van der Waals surface area contributed by atoms with Gasteiger partial charge in [0.1, 0.15) is 6.07 Å². The fraction of sp³-hybridized carbons (Fsp3) is 0.250. The van der Waals surface area contributed by atoms with Gasteiger partial charge in [-0.3, -0.25) is 0 Å². The number of hydrogen-bond donors (Lipinski definition) is 1. The van der Waals surface area contributed by atoms with Crippen molar-refractivity contribution < 1.29 is 14.0 Å². The van der Waals surface area contributed by atoms with E-state index in [0.29, 0.717) is 0 Å². The first-order valence-electron chi connectivity index (χ1n) is 2.05. The number of rotatable bonds is 3. The molecule has 0 radical (unpaired) electrons. The Morgan fingerprint density at radius 2 is 2.56 bits per heavy atom. The molecule has 9 heavy (non-hydrogen) atoms. The van der Waals surface area contributed by atoms with Crippen LogP contribution in [0.2, 0.25) is 0 Å². The molecule has 0 aliphatic rings. The van der Waals surface area contributed by atoms with Gasteiger partial charge in [-0.15, -0.1) is 4.89 Å². The van der Waals surface area contributed by atoms with E-state index in [-0.39, 0.29) is 0 Å². The first-order chi connectivity index (χ1) is 4.20. The molecule has 4 nitrogen and oxygen atoms in total. The second kappa shape index (κ2) is 4.16. The molecule has 2 atom stereocenters. The SMILES string of the molecule is C=CC(C#N)O[P+](=O)O. The zero-order valence-electron chi connectivity index (χ0n) is 4.52. The van der Waals surface area contributed by atoms with Crippen molar-refractivity contribution in [1.29, 1.82) is 5.26 Å². The largest absolute Gasteiger partial charge is 0.696 e. The zero-order chi connectivity index (χ0) is 7.28. The Morgan fingerprint density at radius 1 is 2.00 bits per heavy atom. The average molecular weight is 146 g/mol. The standard InChI is InChI=1S/C4H4NO3P/c1-2-4(3-5)8-9(6)7/h2,4H,1H2/p+1. The minimum absolute atomic E-state index is 0.987. The fourth-order valence-corrected chi connectivity index (χ4v) is 0.544. The van der Waals surface area contributed by atoms with Crippen LogP contribution < -0.4 is 0 Å². The summed E-state index contributed by atoms with van der Waals surface area (Å²) in [4.78, 5) is 8.07. The number of nitriles is 1. The van der Waals surface area contributed by atoms with Crippen molar-refractivity contribution >= 4 is 8.25 Å². The van der Waals surface area contributed by atoms with Gasteiger partial charge >= 0.3 is 8.25 Å². The highest BCUT2D eigenvalue weighted by Gasteiger charge is 2.18. The molecule has 0 aromatic carbocycles. The molecule has 0 aliphatic heterocycles. The molecular weight excluding hydrogens is 141 g/mol. The summed E-state index contributed by atoms with van der Waals surface area (Å²) in [7, 11) is -2.70. The molecule has 2 unspecified atom stereocenters. The summed E-state index contributed by atoms with van der Waals surface area (Å²) in [6.45, 7) is 3.20. The van der Waals surface area contributed by atoms with Crippen molar-refractivity contribution in [1.82, 2.24) is 0 Å². The van der Waals surface area contributed by atoms with Crippen molar-refractivity contribution in [3.8, 4) is 6.07 Å². The Bertz CT molecular complexity index is 162. The molecule has 0 amide bonds. The van der Waals surface area contributed by atoms with Crippen LogP contribution in [0.4, 0.5) is 0 Å². The number of nitrogens with zero attached hydrogens (tertiary/aromatic N) is 1. The van der Waals surface area contributed by atoms with Gasteiger partial charge in [0.15, 0.2) is 0 Å². The summed E-state index contributed by atoms with van der Waals surface area (Å²) in [5.41, 5.74) is 0. The lowest BCUT2D eigenvalue weighted by Gasteiger charge is -1.85. The van der Waals surface area contributed by atoms with Gasteiger partial charge in [-0.05, 0) is 6.08 Å². The van der Waals surface area contributed by atoms with E-state index in [9.17, 15) is 4.57 Å². The number of hydrogen-bond acceptors (Lipinski definition) is 3. The van der Waals surface area contributed by atoms with E-state index in [1.165, 1.54) is 0 Å². The van der Waals surface area contributed by atoms with E-state index in [1.807, 2.05) is 0 Å². The Kier molecular flexibility index (Phi) is 3.81. The van der Waals surface area contributed by atoms with E-state index < -0.39 is 14.4 Å². The molecule has 0 aromatic heterocycles. The molecule has 0 aliphatic carbocycles. The van der Waals surface area contributed by atoms with Crippen molar-refractivity contribution in [3.63, 3.8) is 0 Å². The van der Waals surface area contributed by atoms with Gasteiger partial charge in [0.05, 0.1) is 0 Å². The van der Waals surface area contributed by atoms with Crippen LogP contribution in [0.3, 0.4) is 0 Å². The lowest BCUT2D eigenvalue weighted by Crippen LogP contribution is -1.98. The van der Waals surface area contributed by atoms with E-state index in [4.69, 9.17) is 10.2 Å². The summed E-state index contributed by atoms with van der Waals surface area (Å²) >= 11 is 0. The molecule has 0 rings (SSSR count). The minimum atomic E-state index is -2.70. The van der Waals surface area contributed by atoms with Crippen LogP contribution in [-0.2, 0) is 9.09 Å². The van der Waals surface area contributed by atoms with Gasteiger partial charge in [-0.1, -0.05) is 11.1 Å². The van der Waals surface area contributed by atoms with Crippen LogP contribution in [0.5, 0.6) is 0 Å². The third-order valence-electron chi connectivity index (χ3n) is 0.545. The fourth-order valence-electron chi connectivity index (χ4n) is 0.216.